The van der Waals surface area contributed by atoms with E-state index in [1.807, 2.05) is 0 Å². The summed E-state index contributed by atoms with van der Waals surface area (Å²) in [6, 6.07) is 3.95. The quantitative estimate of drug-likeness (QED) is 0.802. The standard InChI is InChI=1S/C12H15FN4O2S/c1-9-11(13)7-10(8-12(9)14)20(18,19)16-4-6-17-5-2-3-15-17/h2-3,5,7-8,16H,4,6,14H2,1H3. The van der Waals surface area contributed by atoms with Gasteiger partial charge in [0.25, 0.3) is 0 Å². The highest BCUT2D eigenvalue weighted by atomic mass is 32.2. The summed E-state index contributed by atoms with van der Waals surface area (Å²) in [5, 5.41) is 3.95. The number of aromatic nitrogens is 2. The highest BCUT2D eigenvalue weighted by Crippen LogP contribution is 2.20. The molecule has 0 saturated heterocycles. The second kappa shape index (κ2) is 5.59. The van der Waals surface area contributed by atoms with Gasteiger partial charge in [0.2, 0.25) is 10.0 Å². The van der Waals surface area contributed by atoms with Gasteiger partial charge in [0.1, 0.15) is 5.82 Å². The summed E-state index contributed by atoms with van der Waals surface area (Å²) in [6.07, 6.45) is 3.32. The average Bonchev–Trinajstić information content (AvgIpc) is 2.88. The molecule has 0 atom stereocenters. The molecule has 6 nitrogen and oxygen atoms in total. The Morgan fingerprint density at radius 2 is 2.20 bits per heavy atom. The van der Waals surface area contributed by atoms with Crippen LogP contribution in [-0.2, 0) is 16.6 Å². The number of nitrogens with zero attached hydrogens (tertiary/aromatic N) is 2. The minimum atomic E-state index is -3.79. The molecule has 1 aromatic carbocycles. The van der Waals surface area contributed by atoms with Crippen molar-refractivity contribution < 1.29 is 12.8 Å². The Morgan fingerprint density at radius 3 is 2.80 bits per heavy atom. The maximum Gasteiger partial charge on any atom is 0.240 e. The molecule has 0 spiro atoms. The van der Waals surface area contributed by atoms with Gasteiger partial charge in [0, 0.05) is 30.2 Å². The van der Waals surface area contributed by atoms with E-state index in [-0.39, 0.29) is 22.7 Å². The third kappa shape index (κ3) is 3.14. The van der Waals surface area contributed by atoms with Gasteiger partial charge in [-0.25, -0.2) is 17.5 Å². The molecule has 2 aromatic rings. The molecule has 8 heteroatoms. The first-order valence-corrected chi connectivity index (χ1v) is 7.41. The van der Waals surface area contributed by atoms with Crippen LogP contribution in [0.4, 0.5) is 10.1 Å². The van der Waals surface area contributed by atoms with Crippen LogP contribution in [0.5, 0.6) is 0 Å². The summed E-state index contributed by atoms with van der Waals surface area (Å²) in [5.74, 6) is -0.641. The van der Waals surface area contributed by atoms with Crippen LogP contribution in [0.15, 0.2) is 35.5 Å². The molecule has 0 unspecified atom stereocenters. The van der Waals surface area contributed by atoms with Gasteiger partial charge in [-0.05, 0) is 25.1 Å². The summed E-state index contributed by atoms with van der Waals surface area (Å²) in [7, 11) is -3.79. The van der Waals surface area contributed by atoms with Gasteiger partial charge in [-0.1, -0.05) is 0 Å². The lowest BCUT2D eigenvalue weighted by molar-refractivity contribution is 0.558. The zero-order valence-electron chi connectivity index (χ0n) is 10.9. The maximum absolute atomic E-state index is 13.5. The summed E-state index contributed by atoms with van der Waals surface area (Å²) < 4.78 is 41.5. The van der Waals surface area contributed by atoms with Crippen molar-refractivity contribution in [3.05, 3.63) is 42.0 Å². The van der Waals surface area contributed by atoms with Crippen LogP contribution < -0.4 is 10.5 Å². The zero-order chi connectivity index (χ0) is 14.8. The number of benzene rings is 1. The van der Waals surface area contributed by atoms with E-state index < -0.39 is 15.8 Å². The molecule has 0 bridgehead atoms. The Kier molecular flexibility index (Phi) is 4.05. The molecule has 0 aliphatic rings. The monoisotopic (exact) mass is 298 g/mol. The van der Waals surface area contributed by atoms with E-state index in [0.29, 0.717) is 6.54 Å². The average molecular weight is 298 g/mol. The normalized spacial score (nSPS) is 11.7. The Bertz CT molecular complexity index is 675. The number of rotatable bonds is 5. The summed E-state index contributed by atoms with van der Waals surface area (Å²) in [4.78, 5) is -0.182. The lowest BCUT2D eigenvalue weighted by atomic mass is 10.2. The van der Waals surface area contributed by atoms with Crippen molar-refractivity contribution in [3.63, 3.8) is 0 Å². The number of hydrogen-bond acceptors (Lipinski definition) is 4. The first kappa shape index (κ1) is 14.5. The number of halogens is 1. The van der Waals surface area contributed by atoms with Crippen molar-refractivity contribution in [3.8, 4) is 0 Å². The van der Waals surface area contributed by atoms with E-state index in [1.165, 1.54) is 13.0 Å². The van der Waals surface area contributed by atoms with E-state index in [2.05, 4.69) is 9.82 Å². The fraction of sp³-hybridized carbons (Fsp3) is 0.250. The molecule has 3 N–H and O–H groups in total. The minimum Gasteiger partial charge on any atom is -0.398 e. The van der Waals surface area contributed by atoms with Crippen molar-refractivity contribution in [2.24, 2.45) is 0 Å². The fourth-order valence-corrected chi connectivity index (χ4v) is 2.71. The van der Waals surface area contributed by atoms with Gasteiger partial charge in [0.05, 0.1) is 11.4 Å². The molecule has 0 aliphatic heterocycles. The molecule has 1 aromatic heterocycles. The molecule has 0 aliphatic carbocycles. The Balaban J connectivity index is 2.10. The van der Waals surface area contributed by atoms with Crippen LogP contribution in [-0.4, -0.2) is 24.7 Å². The third-order valence-corrected chi connectivity index (χ3v) is 4.30. The molecular formula is C12H15FN4O2S. The van der Waals surface area contributed by atoms with Gasteiger partial charge in [-0.15, -0.1) is 0 Å². The number of hydrogen-bond donors (Lipinski definition) is 2. The number of nitrogen functional groups attached to an aromatic ring is 1. The largest absolute Gasteiger partial charge is 0.398 e. The highest BCUT2D eigenvalue weighted by molar-refractivity contribution is 7.89. The van der Waals surface area contributed by atoms with Crippen LogP contribution in [0.2, 0.25) is 0 Å². The maximum atomic E-state index is 13.5. The van der Waals surface area contributed by atoms with Gasteiger partial charge < -0.3 is 5.73 Å². The summed E-state index contributed by atoms with van der Waals surface area (Å²) >= 11 is 0. The predicted octanol–water partition coefficient (Wildman–Crippen LogP) is 0.891. The van der Waals surface area contributed by atoms with Gasteiger partial charge >= 0.3 is 0 Å². The molecule has 0 fully saturated rings. The smallest absolute Gasteiger partial charge is 0.240 e. The van der Waals surface area contributed by atoms with E-state index in [0.717, 1.165) is 6.07 Å². The first-order chi connectivity index (χ1) is 9.40. The topological polar surface area (TPSA) is 90.0 Å². The SMILES string of the molecule is Cc1c(N)cc(S(=O)(=O)NCCn2cccn2)cc1F. The Hall–Kier alpha value is -1.93. The van der Waals surface area contributed by atoms with Crippen LogP contribution >= 0.6 is 0 Å². The van der Waals surface area contributed by atoms with Gasteiger partial charge in [0.15, 0.2) is 0 Å². The number of anilines is 1. The van der Waals surface area contributed by atoms with Crippen molar-refractivity contribution in [1.82, 2.24) is 14.5 Å². The lowest BCUT2D eigenvalue weighted by Gasteiger charge is -2.09. The van der Waals surface area contributed by atoms with Crippen molar-refractivity contribution in [2.45, 2.75) is 18.4 Å². The van der Waals surface area contributed by atoms with E-state index in [4.69, 9.17) is 5.73 Å². The number of nitrogens with two attached hydrogens (primary N) is 1. The zero-order valence-corrected chi connectivity index (χ0v) is 11.7. The molecule has 0 amide bonds. The van der Waals surface area contributed by atoms with Crippen LogP contribution in [0.25, 0.3) is 0 Å². The number of nitrogens with one attached hydrogen (secondary N) is 1. The molecule has 20 heavy (non-hydrogen) atoms. The van der Waals surface area contributed by atoms with Crippen molar-refractivity contribution in [2.75, 3.05) is 12.3 Å². The Morgan fingerprint density at radius 1 is 1.45 bits per heavy atom. The fourth-order valence-electron chi connectivity index (χ4n) is 1.64. The van der Waals surface area contributed by atoms with Crippen LogP contribution in [0.1, 0.15) is 5.56 Å². The Labute approximate surface area is 116 Å². The second-order valence-electron chi connectivity index (χ2n) is 4.29. The molecule has 1 heterocycles. The molecule has 2 rings (SSSR count). The van der Waals surface area contributed by atoms with E-state index >= 15 is 0 Å². The van der Waals surface area contributed by atoms with E-state index in [1.54, 1.807) is 23.1 Å². The van der Waals surface area contributed by atoms with Crippen LogP contribution in [0.3, 0.4) is 0 Å². The van der Waals surface area contributed by atoms with Crippen molar-refractivity contribution in [1.29, 1.82) is 0 Å². The van der Waals surface area contributed by atoms with Crippen molar-refractivity contribution >= 4 is 15.7 Å². The van der Waals surface area contributed by atoms with E-state index in [9.17, 15) is 12.8 Å². The predicted molar refractivity (Wildman–Crippen MR) is 73.0 cm³/mol. The van der Waals surface area contributed by atoms with Gasteiger partial charge in [-0.2, -0.15) is 5.10 Å². The van der Waals surface area contributed by atoms with Gasteiger partial charge in [-0.3, -0.25) is 4.68 Å². The molecule has 108 valence electrons. The number of sulfonamides is 1. The first-order valence-electron chi connectivity index (χ1n) is 5.93. The second-order valence-corrected chi connectivity index (χ2v) is 6.05. The molecule has 0 saturated carbocycles. The molecular weight excluding hydrogens is 283 g/mol. The van der Waals surface area contributed by atoms with Crippen LogP contribution in [0, 0.1) is 12.7 Å². The third-order valence-electron chi connectivity index (χ3n) is 2.86. The lowest BCUT2D eigenvalue weighted by Crippen LogP contribution is -2.27. The molecule has 0 radical (unpaired) electrons. The highest BCUT2D eigenvalue weighted by Gasteiger charge is 2.17. The summed E-state index contributed by atoms with van der Waals surface area (Å²) in [6.45, 7) is 2.03. The summed E-state index contributed by atoms with van der Waals surface area (Å²) in [5.41, 5.74) is 5.92. The minimum absolute atomic E-state index is 0.109.